The minimum absolute atomic E-state index is 0.152. The summed E-state index contributed by atoms with van der Waals surface area (Å²) in [4.78, 5) is 4.14. The minimum Gasteiger partial charge on any atom is -0.373 e. The largest absolute Gasteiger partial charge is 0.373 e. The van der Waals surface area contributed by atoms with E-state index >= 15 is 0 Å². The number of nitrogens with two attached hydrogens (primary N) is 1. The van der Waals surface area contributed by atoms with E-state index in [-0.39, 0.29) is 12.1 Å². The first-order chi connectivity index (χ1) is 10.3. The Hall–Kier alpha value is -1.71. The molecule has 2 unspecified atom stereocenters. The fraction of sp³-hybridized carbons (Fsp3) is 0.389. The Labute approximate surface area is 126 Å². The normalized spacial score (nSPS) is 19.0. The third-order valence-electron chi connectivity index (χ3n) is 4.14. The lowest BCUT2D eigenvalue weighted by atomic mass is 9.92. The van der Waals surface area contributed by atoms with Crippen LogP contribution in [0.5, 0.6) is 0 Å². The van der Waals surface area contributed by atoms with Crippen molar-refractivity contribution in [2.45, 2.75) is 37.8 Å². The molecule has 2 aromatic rings. The van der Waals surface area contributed by atoms with E-state index in [0.29, 0.717) is 0 Å². The van der Waals surface area contributed by atoms with Gasteiger partial charge in [-0.2, -0.15) is 0 Å². The number of aryl methyl sites for hydroxylation is 1. The Morgan fingerprint density at radius 2 is 2.14 bits per heavy atom. The zero-order valence-electron chi connectivity index (χ0n) is 12.2. The summed E-state index contributed by atoms with van der Waals surface area (Å²) >= 11 is 0. The van der Waals surface area contributed by atoms with Crippen molar-refractivity contribution in [3.05, 3.63) is 65.5 Å². The third-order valence-corrected chi connectivity index (χ3v) is 4.14. The highest BCUT2D eigenvalue weighted by molar-refractivity contribution is 5.31. The topological polar surface area (TPSA) is 48.1 Å². The molecular formula is C18H22N2O. The highest BCUT2D eigenvalue weighted by Gasteiger charge is 2.22. The van der Waals surface area contributed by atoms with Gasteiger partial charge in [0.25, 0.3) is 0 Å². The molecule has 0 aliphatic carbocycles. The molecule has 0 bridgehead atoms. The molecule has 0 radical (unpaired) electrons. The lowest BCUT2D eigenvalue weighted by Crippen LogP contribution is -2.27. The first-order valence-corrected chi connectivity index (χ1v) is 7.67. The number of rotatable bonds is 5. The van der Waals surface area contributed by atoms with E-state index < -0.39 is 0 Å². The second kappa shape index (κ2) is 6.83. The maximum atomic E-state index is 6.31. The van der Waals surface area contributed by atoms with E-state index in [9.17, 15) is 0 Å². The smallest absolute Gasteiger partial charge is 0.0842 e. The Kier molecular flexibility index (Phi) is 4.63. The van der Waals surface area contributed by atoms with Gasteiger partial charge in [-0.25, -0.2) is 0 Å². The number of aromatic nitrogens is 1. The summed E-state index contributed by atoms with van der Waals surface area (Å²) in [7, 11) is 0. The van der Waals surface area contributed by atoms with Crippen LogP contribution in [0.1, 0.15) is 35.6 Å². The average Bonchev–Trinajstić information content (AvgIpc) is 2.54. The van der Waals surface area contributed by atoms with Gasteiger partial charge in [0.1, 0.15) is 0 Å². The number of ether oxygens (including phenoxy) is 1. The predicted octanol–water partition coefficient (Wildman–Crippen LogP) is 3.05. The summed E-state index contributed by atoms with van der Waals surface area (Å²) < 4.78 is 5.93. The van der Waals surface area contributed by atoms with Crippen LogP contribution in [0.3, 0.4) is 0 Å². The summed E-state index contributed by atoms with van der Waals surface area (Å²) in [6, 6.07) is 12.8. The molecule has 3 nitrogen and oxygen atoms in total. The van der Waals surface area contributed by atoms with Gasteiger partial charge in [0.05, 0.1) is 12.7 Å². The first-order valence-electron chi connectivity index (χ1n) is 7.67. The number of fused-ring (bicyclic) bond motifs is 1. The molecule has 0 amide bonds. The molecule has 0 saturated carbocycles. The van der Waals surface area contributed by atoms with Gasteiger partial charge in [0, 0.05) is 18.4 Å². The van der Waals surface area contributed by atoms with Crippen LogP contribution in [-0.2, 0) is 17.6 Å². The van der Waals surface area contributed by atoms with Gasteiger partial charge in [-0.1, -0.05) is 30.3 Å². The molecule has 3 heteroatoms. The van der Waals surface area contributed by atoms with Crippen molar-refractivity contribution in [2.75, 3.05) is 6.61 Å². The molecule has 1 aliphatic rings. The maximum Gasteiger partial charge on any atom is 0.0842 e. The highest BCUT2D eigenvalue weighted by atomic mass is 16.5. The van der Waals surface area contributed by atoms with Gasteiger partial charge in [0.2, 0.25) is 0 Å². The Morgan fingerprint density at radius 1 is 1.24 bits per heavy atom. The number of nitrogens with zero attached hydrogens (tertiary/aromatic N) is 1. The minimum atomic E-state index is 0.152. The van der Waals surface area contributed by atoms with Gasteiger partial charge >= 0.3 is 0 Å². The maximum absolute atomic E-state index is 6.31. The van der Waals surface area contributed by atoms with Crippen LogP contribution in [0.2, 0.25) is 0 Å². The van der Waals surface area contributed by atoms with Crippen LogP contribution in [0.4, 0.5) is 0 Å². The summed E-state index contributed by atoms with van der Waals surface area (Å²) in [6.07, 6.45) is 7.71. The highest BCUT2D eigenvalue weighted by Crippen LogP contribution is 2.30. The molecular weight excluding hydrogens is 260 g/mol. The standard InChI is InChI=1S/C18H22N2O/c19-16(8-7-14-4-3-10-20-13-14)12-18-17-6-2-1-5-15(17)9-11-21-18/h1-6,10,13,16,18H,7-9,11-12,19H2. The monoisotopic (exact) mass is 282 g/mol. The van der Waals surface area contributed by atoms with E-state index in [1.807, 2.05) is 12.3 Å². The van der Waals surface area contributed by atoms with E-state index in [2.05, 4.69) is 35.3 Å². The summed E-state index contributed by atoms with van der Waals surface area (Å²) in [6.45, 7) is 0.803. The van der Waals surface area contributed by atoms with Crippen LogP contribution < -0.4 is 5.73 Å². The SMILES string of the molecule is NC(CCc1cccnc1)CC1OCCc2ccccc21. The van der Waals surface area contributed by atoms with Crippen LogP contribution in [0.25, 0.3) is 0 Å². The van der Waals surface area contributed by atoms with E-state index in [1.165, 1.54) is 16.7 Å². The van der Waals surface area contributed by atoms with Gasteiger partial charge in [-0.15, -0.1) is 0 Å². The van der Waals surface area contributed by atoms with Crippen molar-refractivity contribution in [2.24, 2.45) is 5.73 Å². The summed E-state index contributed by atoms with van der Waals surface area (Å²) in [5.41, 5.74) is 10.3. The molecule has 1 aliphatic heterocycles. The quantitative estimate of drug-likeness (QED) is 0.917. The molecule has 1 aromatic carbocycles. The van der Waals surface area contributed by atoms with E-state index in [1.54, 1.807) is 6.20 Å². The second-order valence-electron chi connectivity index (χ2n) is 5.70. The number of hydrogen-bond donors (Lipinski definition) is 1. The molecule has 2 heterocycles. The van der Waals surface area contributed by atoms with Crippen LogP contribution in [-0.4, -0.2) is 17.6 Å². The lowest BCUT2D eigenvalue weighted by Gasteiger charge is -2.28. The molecule has 110 valence electrons. The van der Waals surface area contributed by atoms with Crippen LogP contribution in [0, 0.1) is 0 Å². The number of pyridine rings is 1. The number of hydrogen-bond acceptors (Lipinski definition) is 3. The fourth-order valence-electron chi connectivity index (χ4n) is 2.96. The molecule has 1 aromatic heterocycles. The zero-order valence-corrected chi connectivity index (χ0v) is 12.2. The van der Waals surface area contributed by atoms with Crippen molar-refractivity contribution in [3.63, 3.8) is 0 Å². The van der Waals surface area contributed by atoms with Crippen molar-refractivity contribution >= 4 is 0 Å². The first kappa shape index (κ1) is 14.2. The second-order valence-corrected chi connectivity index (χ2v) is 5.70. The summed E-state index contributed by atoms with van der Waals surface area (Å²) in [5, 5.41) is 0. The zero-order chi connectivity index (χ0) is 14.5. The predicted molar refractivity (Wildman–Crippen MR) is 84.0 cm³/mol. The van der Waals surface area contributed by atoms with Crippen LogP contribution in [0.15, 0.2) is 48.8 Å². The van der Waals surface area contributed by atoms with Crippen molar-refractivity contribution < 1.29 is 4.74 Å². The molecule has 3 rings (SSSR count). The van der Waals surface area contributed by atoms with Crippen LogP contribution >= 0.6 is 0 Å². The number of benzene rings is 1. The molecule has 0 spiro atoms. The van der Waals surface area contributed by atoms with Gasteiger partial charge in [-0.05, 0) is 48.4 Å². The Balaban J connectivity index is 1.57. The molecule has 2 N–H and O–H groups in total. The molecule has 2 atom stereocenters. The Morgan fingerprint density at radius 3 is 3.00 bits per heavy atom. The van der Waals surface area contributed by atoms with Gasteiger partial charge < -0.3 is 10.5 Å². The molecule has 21 heavy (non-hydrogen) atoms. The van der Waals surface area contributed by atoms with E-state index in [4.69, 9.17) is 10.5 Å². The fourth-order valence-corrected chi connectivity index (χ4v) is 2.96. The van der Waals surface area contributed by atoms with E-state index in [0.717, 1.165) is 32.3 Å². The van der Waals surface area contributed by atoms with Gasteiger partial charge in [-0.3, -0.25) is 4.98 Å². The van der Waals surface area contributed by atoms with Gasteiger partial charge in [0.15, 0.2) is 0 Å². The lowest BCUT2D eigenvalue weighted by molar-refractivity contribution is 0.0316. The third kappa shape index (κ3) is 3.69. The van der Waals surface area contributed by atoms with Crippen molar-refractivity contribution in [1.29, 1.82) is 0 Å². The molecule has 0 fully saturated rings. The van der Waals surface area contributed by atoms with Crippen molar-refractivity contribution in [1.82, 2.24) is 4.98 Å². The molecule has 0 saturated heterocycles. The average molecular weight is 282 g/mol. The van der Waals surface area contributed by atoms with Crippen molar-refractivity contribution in [3.8, 4) is 0 Å². The Bertz CT molecular complexity index is 570. The summed E-state index contributed by atoms with van der Waals surface area (Å²) in [5.74, 6) is 0.